The minimum atomic E-state index is -0.156. The van der Waals surface area contributed by atoms with E-state index in [0.717, 1.165) is 27.0 Å². The van der Waals surface area contributed by atoms with Gasteiger partial charge in [0.25, 0.3) is 5.91 Å². The van der Waals surface area contributed by atoms with E-state index in [0.29, 0.717) is 42.0 Å². The summed E-state index contributed by atoms with van der Waals surface area (Å²) in [6.45, 7) is 5.41. The van der Waals surface area contributed by atoms with Crippen LogP contribution in [0, 0.1) is 13.8 Å². The molecule has 0 fully saturated rings. The molecule has 6 nitrogen and oxygen atoms in total. The van der Waals surface area contributed by atoms with Crippen LogP contribution in [0.25, 0.3) is 10.2 Å². The number of nitrogens with zero attached hydrogens (tertiary/aromatic N) is 3. The predicted octanol–water partition coefficient (Wildman–Crippen LogP) is 4.93. The molecular formula is C24H21N3O3S. The summed E-state index contributed by atoms with van der Waals surface area (Å²) < 4.78 is 12.4. The monoisotopic (exact) mass is 431 g/mol. The second kappa shape index (κ2) is 8.00. The lowest BCUT2D eigenvalue weighted by Crippen LogP contribution is -2.31. The van der Waals surface area contributed by atoms with E-state index in [1.54, 1.807) is 29.3 Å². The Balaban J connectivity index is 1.58. The average Bonchev–Trinajstić information content (AvgIpc) is 3.26. The van der Waals surface area contributed by atoms with Gasteiger partial charge in [0.15, 0.2) is 16.6 Å². The van der Waals surface area contributed by atoms with E-state index in [4.69, 9.17) is 14.5 Å². The largest absolute Gasteiger partial charge is 0.486 e. The molecule has 0 aliphatic carbocycles. The second-order valence-electron chi connectivity index (χ2n) is 7.44. The minimum absolute atomic E-state index is 0.156. The van der Waals surface area contributed by atoms with Crippen molar-refractivity contribution in [1.82, 2.24) is 9.97 Å². The van der Waals surface area contributed by atoms with E-state index in [-0.39, 0.29) is 5.91 Å². The summed E-state index contributed by atoms with van der Waals surface area (Å²) in [4.78, 5) is 24.6. The Morgan fingerprint density at radius 1 is 1.03 bits per heavy atom. The van der Waals surface area contributed by atoms with Crippen LogP contribution in [0.2, 0.25) is 0 Å². The first-order chi connectivity index (χ1) is 15.1. The maximum Gasteiger partial charge on any atom is 0.260 e. The van der Waals surface area contributed by atoms with Crippen molar-refractivity contribution in [3.63, 3.8) is 0 Å². The zero-order valence-electron chi connectivity index (χ0n) is 17.3. The van der Waals surface area contributed by atoms with Gasteiger partial charge in [-0.15, -0.1) is 0 Å². The number of ether oxygens (including phenoxy) is 2. The molecular weight excluding hydrogens is 410 g/mol. The van der Waals surface area contributed by atoms with Crippen molar-refractivity contribution in [3.8, 4) is 11.5 Å². The fourth-order valence-corrected chi connectivity index (χ4v) is 4.69. The van der Waals surface area contributed by atoms with Gasteiger partial charge in [-0.3, -0.25) is 14.7 Å². The lowest BCUT2D eigenvalue weighted by Gasteiger charge is -2.22. The molecule has 3 heterocycles. The molecule has 0 unspecified atom stereocenters. The number of carbonyl (C=O) groups excluding carboxylic acids is 1. The SMILES string of the molecule is Cc1ccc(C)c2sc(N(Cc3ccccn3)C(=O)c3ccc4c(c3)OCCO4)nc12. The molecule has 156 valence electrons. The van der Waals surface area contributed by atoms with Crippen LogP contribution in [0.15, 0.2) is 54.7 Å². The first-order valence-corrected chi connectivity index (χ1v) is 10.9. The molecule has 1 aliphatic rings. The van der Waals surface area contributed by atoms with Crippen LogP contribution in [0.5, 0.6) is 11.5 Å². The Hall–Kier alpha value is -3.45. The normalized spacial score (nSPS) is 12.7. The van der Waals surface area contributed by atoms with Crippen LogP contribution in [-0.2, 0) is 6.54 Å². The first kappa shape index (κ1) is 19.5. The summed E-state index contributed by atoms with van der Waals surface area (Å²) >= 11 is 1.53. The Bertz CT molecular complexity index is 1230. The van der Waals surface area contributed by atoms with E-state index >= 15 is 0 Å². The number of hydrogen-bond acceptors (Lipinski definition) is 6. The molecule has 1 aliphatic heterocycles. The average molecular weight is 432 g/mol. The number of fused-ring (bicyclic) bond motifs is 2. The van der Waals surface area contributed by atoms with E-state index in [1.807, 2.05) is 25.1 Å². The number of aryl methyl sites for hydroxylation is 2. The van der Waals surface area contributed by atoms with Crippen molar-refractivity contribution >= 4 is 32.6 Å². The van der Waals surface area contributed by atoms with Crippen LogP contribution < -0.4 is 14.4 Å². The summed E-state index contributed by atoms with van der Waals surface area (Å²) in [7, 11) is 0. The van der Waals surface area contributed by atoms with Gasteiger partial charge in [-0.2, -0.15) is 0 Å². The van der Waals surface area contributed by atoms with Crippen molar-refractivity contribution in [3.05, 3.63) is 77.1 Å². The zero-order chi connectivity index (χ0) is 21.4. The molecule has 0 atom stereocenters. The maximum atomic E-state index is 13.7. The van der Waals surface area contributed by atoms with E-state index < -0.39 is 0 Å². The summed E-state index contributed by atoms with van der Waals surface area (Å²) in [5, 5.41) is 0.651. The molecule has 1 amide bonds. The molecule has 2 aromatic carbocycles. The molecule has 7 heteroatoms. The molecule has 0 saturated carbocycles. The highest BCUT2D eigenvalue weighted by Gasteiger charge is 2.25. The molecule has 5 rings (SSSR count). The number of thiazole rings is 1. The van der Waals surface area contributed by atoms with Crippen LogP contribution in [-0.4, -0.2) is 29.1 Å². The van der Waals surface area contributed by atoms with Gasteiger partial charge in [0, 0.05) is 11.8 Å². The van der Waals surface area contributed by atoms with E-state index in [9.17, 15) is 4.79 Å². The summed E-state index contributed by atoms with van der Waals surface area (Å²) in [5.74, 6) is 1.09. The van der Waals surface area contributed by atoms with Gasteiger partial charge >= 0.3 is 0 Å². The zero-order valence-corrected chi connectivity index (χ0v) is 18.1. The third-order valence-electron chi connectivity index (χ3n) is 5.24. The summed E-state index contributed by atoms with van der Waals surface area (Å²) in [6.07, 6.45) is 1.73. The minimum Gasteiger partial charge on any atom is -0.486 e. The fraction of sp³-hybridized carbons (Fsp3) is 0.208. The molecule has 0 radical (unpaired) electrons. The molecule has 31 heavy (non-hydrogen) atoms. The van der Waals surface area contributed by atoms with Crippen LogP contribution in [0.3, 0.4) is 0 Å². The first-order valence-electron chi connectivity index (χ1n) is 10.1. The van der Waals surface area contributed by atoms with Crippen molar-refractivity contribution in [2.45, 2.75) is 20.4 Å². The highest BCUT2D eigenvalue weighted by atomic mass is 32.1. The Morgan fingerprint density at radius 2 is 1.84 bits per heavy atom. The number of rotatable bonds is 4. The van der Waals surface area contributed by atoms with Crippen molar-refractivity contribution in [1.29, 1.82) is 0 Å². The number of hydrogen-bond donors (Lipinski definition) is 0. The third-order valence-corrected chi connectivity index (χ3v) is 6.46. The standard InChI is InChI=1S/C24H21N3O3S/c1-15-6-7-16(2)22-21(15)26-24(31-22)27(14-18-5-3-4-10-25-18)23(28)17-8-9-19-20(13-17)30-12-11-29-19/h3-10,13H,11-12,14H2,1-2H3. The number of amides is 1. The maximum absolute atomic E-state index is 13.7. The van der Waals surface area contributed by atoms with Gasteiger partial charge in [0.05, 0.1) is 22.5 Å². The van der Waals surface area contributed by atoms with E-state index in [2.05, 4.69) is 24.0 Å². The van der Waals surface area contributed by atoms with Crippen molar-refractivity contribution < 1.29 is 14.3 Å². The number of aromatic nitrogens is 2. The highest BCUT2D eigenvalue weighted by Crippen LogP contribution is 2.36. The quantitative estimate of drug-likeness (QED) is 0.459. The Morgan fingerprint density at radius 3 is 2.61 bits per heavy atom. The van der Waals surface area contributed by atoms with Gasteiger partial charge in [-0.05, 0) is 55.3 Å². The van der Waals surface area contributed by atoms with Gasteiger partial charge < -0.3 is 9.47 Å². The smallest absolute Gasteiger partial charge is 0.260 e. The van der Waals surface area contributed by atoms with Crippen molar-refractivity contribution in [2.24, 2.45) is 0 Å². The molecule has 2 aromatic heterocycles. The third kappa shape index (κ3) is 3.72. The van der Waals surface area contributed by atoms with Crippen LogP contribution in [0.4, 0.5) is 5.13 Å². The van der Waals surface area contributed by atoms with Crippen molar-refractivity contribution in [2.75, 3.05) is 18.1 Å². The van der Waals surface area contributed by atoms with Gasteiger partial charge in [0.1, 0.15) is 13.2 Å². The van der Waals surface area contributed by atoms with Gasteiger partial charge in [-0.1, -0.05) is 29.5 Å². The number of pyridine rings is 1. The summed E-state index contributed by atoms with van der Waals surface area (Å²) in [5.41, 5.74) is 4.48. The summed E-state index contributed by atoms with van der Waals surface area (Å²) in [6, 6.07) is 15.1. The second-order valence-corrected chi connectivity index (χ2v) is 8.42. The molecule has 4 aromatic rings. The predicted molar refractivity (Wildman–Crippen MR) is 121 cm³/mol. The van der Waals surface area contributed by atoms with E-state index in [1.165, 1.54) is 11.3 Å². The molecule has 0 bridgehead atoms. The number of carbonyl (C=O) groups is 1. The van der Waals surface area contributed by atoms with Crippen LogP contribution >= 0.6 is 11.3 Å². The molecule has 0 saturated heterocycles. The van der Waals surface area contributed by atoms with Gasteiger partial charge in [0.2, 0.25) is 0 Å². The Labute approximate surface area is 184 Å². The van der Waals surface area contributed by atoms with Gasteiger partial charge in [-0.25, -0.2) is 4.98 Å². The highest BCUT2D eigenvalue weighted by molar-refractivity contribution is 7.22. The lowest BCUT2D eigenvalue weighted by atomic mass is 10.1. The fourth-order valence-electron chi connectivity index (χ4n) is 3.58. The number of benzene rings is 2. The molecule has 0 N–H and O–H groups in total. The van der Waals surface area contributed by atoms with Crippen LogP contribution in [0.1, 0.15) is 27.2 Å². The number of anilines is 1. The lowest BCUT2D eigenvalue weighted by molar-refractivity contribution is 0.0983. The topological polar surface area (TPSA) is 64.6 Å². The Kier molecular flexibility index (Phi) is 5.03. The molecule has 0 spiro atoms.